The number of aldehydes is 1. The van der Waals surface area contributed by atoms with Crippen molar-refractivity contribution in [3.8, 4) is 0 Å². The average Bonchev–Trinajstić information content (AvgIpc) is 2.34. The van der Waals surface area contributed by atoms with Crippen LogP contribution in [0.4, 0.5) is 0 Å². The zero-order chi connectivity index (χ0) is 11.3. The first-order valence-electron chi connectivity index (χ1n) is 5.18. The number of likely N-dealkylation sites (N-methyl/N-ethyl adjacent to an activating group) is 1. The van der Waals surface area contributed by atoms with E-state index in [9.17, 15) is 14.4 Å². The lowest BCUT2D eigenvalue weighted by Gasteiger charge is -2.20. The second-order valence-electron chi connectivity index (χ2n) is 3.49. The van der Waals surface area contributed by atoms with Crippen LogP contribution in [0.5, 0.6) is 0 Å². The normalized spacial score (nSPS) is 17.9. The molecule has 0 aromatic rings. The molecule has 0 N–H and O–H groups in total. The minimum Gasteiger partial charge on any atom is -0.341 e. The van der Waals surface area contributed by atoms with E-state index in [2.05, 4.69) is 0 Å². The number of amides is 2. The van der Waals surface area contributed by atoms with Crippen molar-refractivity contribution in [1.82, 2.24) is 9.80 Å². The van der Waals surface area contributed by atoms with Crippen molar-refractivity contribution in [2.75, 3.05) is 26.2 Å². The molecule has 84 valence electrons. The molecular weight excluding hydrogens is 196 g/mol. The lowest BCUT2D eigenvalue weighted by Crippen LogP contribution is -2.34. The molecule has 0 bridgehead atoms. The van der Waals surface area contributed by atoms with E-state index < -0.39 is 0 Å². The van der Waals surface area contributed by atoms with Gasteiger partial charge in [-0.25, -0.2) is 0 Å². The van der Waals surface area contributed by atoms with Crippen molar-refractivity contribution < 1.29 is 14.4 Å². The Balaban J connectivity index is 2.58. The highest BCUT2D eigenvalue weighted by Gasteiger charge is 2.24. The van der Waals surface area contributed by atoms with Crippen molar-refractivity contribution in [3.05, 3.63) is 0 Å². The zero-order valence-electron chi connectivity index (χ0n) is 8.94. The molecule has 15 heavy (non-hydrogen) atoms. The Morgan fingerprint density at radius 2 is 1.80 bits per heavy atom. The molecule has 5 nitrogen and oxygen atoms in total. The first kappa shape index (κ1) is 11.7. The molecule has 0 aromatic carbocycles. The van der Waals surface area contributed by atoms with Gasteiger partial charge in [0.1, 0.15) is 12.7 Å². The molecule has 5 heteroatoms. The van der Waals surface area contributed by atoms with Crippen LogP contribution in [0, 0.1) is 0 Å². The fourth-order valence-corrected chi connectivity index (χ4v) is 1.62. The summed E-state index contributed by atoms with van der Waals surface area (Å²) in [7, 11) is 0. The SMILES string of the molecule is CCN1CCN(CCC=O)C(=O)CC1=O. The van der Waals surface area contributed by atoms with Gasteiger partial charge in [0.05, 0.1) is 0 Å². The van der Waals surface area contributed by atoms with Gasteiger partial charge >= 0.3 is 0 Å². The molecule has 1 aliphatic heterocycles. The Kier molecular flexibility index (Phi) is 4.27. The molecule has 1 rings (SSSR count). The highest BCUT2D eigenvalue weighted by Crippen LogP contribution is 2.06. The monoisotopic (exact) mass is 212 g/mol. The third-order valence-electron chi connectivity index (χ3n) is 2.55. The van der Waals surface area contributed by atoms with Gasteiger partial charge in [0.15, 0.2) is 0 Å². The Morgan fingerprint density at radius 3 is 2.40 bits per heavy atom. The molecule has 1 fully saturated rings. The van der Waals surface area contributed by atoms with E-state index in [-0.39, 0.29) is 18.2 Å². The summed E-state index contributed by atoms with van der Waals surface area (Å²) in [5.41, 5.74) is 0. The van der Waals surface area contributed by atoms with Gasteiger partial charge in [-0.15, -0.1) is 0 Å². The standard InChI is InChI=1S/C10H16N2O3/c1-2-11-5-6-12(4-3-7-13)10(15)8-9(11)14/h7H,2-6,8H2,1H3. The fourth-order valence-electron chi connectivity index (χ4n) is 1.62. The highest BCUT2D eigenvalue weighted by molar-refractivity contribution is 5.97. The van der Waals surface area contributed by atoms with Gasteiger partial charge in [-0.3, -0.25) is 9.59 Å². The minimum absolute atomic E-state index is 0.0628. The molecular formula is C10H16N2O3. The largest absolute Gasteiger partial charge is 0.341 e. The van der Waals surface area contributed by atoms with E-state index in [4.69, 9.17) is 0 Å². The summed E-state index contributed by atoms with van der Waals surface area (Å²) in [6.45, 7) is 4.05. The molecule has 0 spiro atoms. The topological polar surface area (TPSA) is 57.7 Å². The van der Waals surface area contributed by atoms with Crippen molar-refractivity contribution in [1.29, 1.82) is 0 Å². The van der Waals surface area contributed by atoms with Gasteiger partial charge in [-0.1, -0.05) is 0 Å². The smallest absolute Gasteiger partial charge is 0.232 e. The number of carbonyl (C=O) groups is 3. The van der Waals surface area contributed by atoms with Crippen LogP contribution in [0.3, 0.4) is 0 Å². The Morgan fingerprint density at radius 1 is 1.20 bits per heavy atom. The summed E-state index contributed by atoms with van der Waals surface area (Å²) >= 11 is 0. The van der Waals surface area contributed by atoms with Crippen LogP contribution in [0.1, 0.15) is 19.8 Å². The lowest BCUT2D eigenvalue weighted by atomic mass is 10.3. The predicted octanol–water partition coefficient (Wildman–Crippen LogP) is -0.344. The maximum Gasteiger partial charge on any atom is 0.232 e. The van der Waals surface area contributed by atoms with Crippen molar-refractivity contribution >= 4 is 18.1 Å². The Bertz CT molecular complexity index is 265. The van der Waals surface area contributed by atoms with Crippen LogP contribution in [-0.4, -0.2) is 54.1 Å². The highest BCUT2D eigenvalue weighted by atomic mass is 16.2. The van der Waals surface area contributed by atoms with Crippen LogP contribution in [0.2, 0.25) is 0 Å². The zero-order valence-corrected chi connectivity index (χ0v) is 8.94. The van der Waals surface area contributed by atoms with Gasteiger partial charge in [-0.05, 0) is 6.92 Å². The second-order valence-corrected chi connectivity index (χ2v) is 3.49. The fraction of sp³-hybridized carbons (Fsp3) is 0.700. The molecule has 0 aromatic heterocycles. The van der Waals surface area contributed by atoms with Crippen LogP contribution in [0.25, 0.3) is 0 Å². The second kappa shape index (κ2) is 5.48. The maximum atomic E-state index is 11.6. The summed E-state index contributed by atoms with van der Waals surface area (Å²) in [6.07, 6.45) is 1.07. The van der Waals surface area contributed by atoms with Crippen molar-refractivity contribution in [2.24, 2.45) is 0 Å². The van der Waals surface area contributed by atoms with E-state index in [1.807, 2.05) is 6.92 Å². The van der Waals surface area contributed by atoms with Gasteiger partial charge < -0.3 is 14.6 Å². The van der Waals surface area contributed by atoms with Gasteiger partial charge in [0.25, 0.3) is 0 Å². The summed E-state index contributed by atoms with van der Waals surface area (Å²) in [5, 5.41) is 0. The van der Waals surface area contributed by atoms with Crippen LogP contribution >= 0.6 is 0 Å². The molecule has 1 saturated heterocycles. The lowest BCUT2D eigenvalue weighted by molar-refractivity contribution is -0.137. The van der Waals surface area contributed by atoms with Gasteiger partial charge in [0.2, 0.25) is 11.8 Å². The molecule has 0 radical (unpaired) electrons. The third kappa shape index (κ3) is 3.04. The van der Waals surface area contributed by atoms with Crippen LogP contribution < -0.4 is 0 Å². The molecule has 0 unspecified atom stereocenters. The van der Waals surface area contributed by atoms with Crippen molar-refractivity contribution in [2.45, 2.75) is 19.8 Å². The third-order valence-corrected chi connectivity index (χ3v) is 2.55. The first-order valence-corrected chi connectivity index (χ1v) is 5.18. The predicted molar refractivity (Wildman–Crippen MR) is 54.1 cm³/mol. The molecule has 2 amide bonds. The summed E-state index contributed by atoms with van der Waals surface area (Å²) in [6, 6.07) is 0. The molecule has 1 aliphatic rings. The number of hydrogen-bond acceptors (Lipinski definition) is 3. The quantitative estimate of drug-likeness (QED) is 0.473. The molecule has 1 heterocycles. The van der Waals surface area contributed by atoms with Gasteiger partial charge in [0, 0.05) is 32.6 Å². The molecule has 0 atom stereocenters. The van der Waals surface area contributed by atoms with E-state index in [0.29, 0.717) is 32.6 Å². The summed E-state index contributed by atoms with van der Waals surface area (Å²) < 4.78 is 0. The van der Waals surface area contributed by atoms with E-state index in [1.54, 1.807) is 9.80 Å². The Labute approximate surface area is 89.0 Å². The number of nitrogens with zero attached hydrogens (tertiary/aromatic N) is 2. The van der Waals surface area contributed by atoms with Crippen LogP contribution in [-0.2, 0) is 14.4 Å². The maximum absolute atomic E-state index is 11.6. The minimum atomic E-state index is -0.169. The average molecular weight is 212 g/mol. The van der Waals surface area contributed by atoms with E-state index >= 15 is 0 Å². The molecule has 0 aliphatic carbocycles. The molecule has 0 saturated carbocycles. The van der Waals surface area contributed by atoms with E-state index in [0.717, 1.165) is 6.29 Å². The van der Waals surface area contributed by atoms with Crippen LogP contribution in [0.15, 0.2) is 0 Å². The number of rotatable bonds is 4. The van der Waals surface area contributed by atoms with E-state index in [1.165, 1.54) is 0 Å². The van der Waals surface area contributed by atoms with Gasteiger partial charge in [-0.2, -0.15) is 0 Å². The summed E-state index contributed by atoms with van der Waals surface area (Å²) in [4.78, 5) is 36.5. The summed E-state index contributed by atoms with van der Waals surface area (Å²) in [5.74, 6) is -0.283. The Hall–Kier alpha value is -1.39. The number of hydrogen-bond donors (Lipinski definition) is 0. The first-order chi connectivity index (χ1) is 7.19. The number of carbonyl (C=O) groups excluding carboxylic acids is 3. The van der Waals surface area contributed by atoms with Crippen molar-refractivity contribution in [3.63, 3.8) is 0 Å².